The quantitative estimate of drug-likeness (QED) is 0.812. The number of aromatic nitrogens is 3. The van der Waals surface area contributed by atoms with Crippen molar-refractivity contribution in [1.29, 1.82) is 0 Å². The van der Waals surface area contributed by atoms with Crippen LogP contribution in [0.25, 0.3) is 0 Å². The number of hydrogen-bond donors (Lipinski definition) is 1. The van der Waals surface area contributed by atoms with Gasteiger partial charge in [-0.25, -0.2) is 14.5 Å². The molecule has 6 heteroatoms. The van der Waals surface area contributed by atoms with Gasteiger partial charge in [0, 0.05) is 5.69 Å². The second kappa shape index (κ2) is 6.70. The molecule has 0 aliphatic rings. The van der Waals surface area contributed by atoms with Gasteiger partial charge in [-0.1, -0.05) is 19.1 Å². The van der Waals surface area contributed by atoms with Gasteiger partial charge >= 0.3 is 5.97 Å². The number of methoxy groups -OCH3 is 1. The van der Waals surface area contributed by atoms with Gasteiger partial charge in [0.2, 0.25) is 0 Å². The van der Waals surface area contributed by atoms with Crippen LogP contribution in [0.4, 0.5) is 5.69 Å². The molecule has 0 amide bonds. The van der Waals surface area contributed by atoms with Crippen LogP contribution < -0.4 is 5.32 Å². The Hall–Kier alpha value is -2.37. The lowest BCUT2D eigenvalue weighted by molar-refractivity contribution is -0.141. The summed E-state index contributed by atoms with van der Waals surface area (Å²) in [6.45, 7) is 2.58. The summed E-state index contributed by atoms with van der Waals surface area (Å²) in [6.07, 6.45) is 3.84. The zero-order valence-corrected chi connectivity index (χ0v) is 11.6. The first-order valence-corrected chi connectivity index (χ1v) is 6.48. The average Bonchev–Trinajstić information content (AvgIpc) is 2.97. The second-order valence-corrected chi connectivity index (χ2v) is 4.42. The molecule has 0 saturated carbocycles. The molecule has 2 rings (SSSR count). The predicted molar refractivity (Wildman–Crippen MR) is 75.3 cm³/mol. The summed E-state index contributed by atoms with van der Waals surface area (Å²) in [5, 5.41) is 7.25. The van der Waals surface area contributed by atoms with Crippen LogP contribution in [0.5, 0.6) is 0 Å². The van der Waals surface area contributed by atoms with Crippen molar-refractivity contribution in [2.24, 2.45) is 0 Å². The number of anilines is 1. The summed E-state index contributed by atoms with van der Waals surface area (Å²) in [5.41, 5.74) is 1.97. The molecule has 0 bridgehead atoms. The monoisotopic (exact) mass is 274 g/mol. The van der Waals surface area contributed by atoms with E-state index in [0.717, 1.165) is 11.3 Å². The maximum atomic E-state index is 11.6. The first-order valence-electron chi connectivity index (χ1n) is 6.48. The van der Waals surface area contributed by atoms with Crippen LogP contribution in [0.1, 0.15) is 18.9 Å². The third kappa shape index (κ3) is 3.57. The number of nitrogens with one attached hydrogen (secondary N) is 1. The molecule has 0 aliphatic heterocycles. The molecule has 1 aromatic carbocycles. The van der Waals surface area contributed by atoms with Gasteiger partial charge in [0.1, 0.15) is 18.7 Å². The molecule has 1 unspecified atom stereocenters. The molecule has 2 aromatic rings. The number of ether oxygens (including phenoxy) is 1. The van der Waals surface area contributed by atoms with Crippen LogP contribution in [0, 0.1) is 0 Å². The Morgan fingerprint density at radius 1 is 1.50 bits per heavy atom. The average molecular weight is 274 g/mol. The largest absolute Gasteiger partial charge is 0.467 e. The molecule has 106 valence electrons. The van der Waals surface area contributed by atoms with Gasteiger partial charge in [0.25, 0.3) is 0 Å². The molecule has 1 atom stereocenters. The van der Waals surface area contributed by atoms with Gasteiger partial charge in [-0.15, -0.1) is 0 Å². The van der Waals surface area contributed by atoms with E-state index in [4.69, 9.17) is 4.74 Å². The van der Waals surface area contributed by atoms with Gasteiger partial charge in [-0.05, 0) is 24.1 Å². The minimum atomic E-state index is -0.332. The third-order valence-corrected chi connectivity index (χ3v) is 2.97. The highest BCUT2D eigenvalue weighted by Crippen LogP contribution is 2.14. The molecule has 6 nitrogen and oxygen atoms in total. The number of carbonyl (C=O) groups excluding carboxylic acids is 1. The van der Waals surface area contributed by atoms with Crippen LogP contribution in [-0.4, -0.2) is 33.9 Å². The van der Waals surface area contributed by atoms with Crippen molar-refractivity contribution in [2.75, 3.05) is 12.4 Å². The molecule has 1 heterocycles. The van der Waals surface area contributed by atoms with Crippen LogP contribution in [0.2, 0.25) is 0 Å². The van der Waals surface area contributed by atoms with Crippen molar-refractivity contribution < 1.29 is 9.53 Å². The van der Waals surface area contributed by atoms with Crippen molar-refractivity contribution >= 4 is 11.7 Å². The summed E-state index contributed by atoms with van der Waals surface area (Å²) in [6, 6.07) is 7.54. The molecule has 0 spiro atoms. The van der Waals surface area contributed by atoms with E-state index in [1.54, 1.807) is 11.0 Å². The topological polar surface area (TPSA) is 69.0 Å². The number of rotatable bonds is 6. The predicted octanol–water partition coefficient (Wildman–Crippen LogP) is 1.69. The number of hydrogen-bond acceptors (Lipinski definition) is 5. The Morgan fingerprint density at radius 2 is 2.35 bits per heavy atom. The van der Waals surface area contributed by atoms with Crippen LogP contribution in [0.3, 0.4) is 0 Å². The SMILES string of the molecule is CCC(Nc1cccc(Cn2cncn2)c1)C(=O)OC. The fourth-order valence-electron chi connectivity index (χ4n) is 1.93. The molecule has 1 N–H and O–H groups in total. The van der Waals surface area contributed by atoms with E-state index in [-0.39, 0.29) is 12.0 Å². The molecule has 1 aromatic heterocycles. The van der Waals surface area contributed by atoms with E-state index in [9.17, 15) is 4.79 Å². The zero-order chi connectivity index (χ0) is 14.4. The fourth-order valence-corrected chi connectivity index (χ4v) is 1.93. The number of nitrogens with zero attached hydrogens (tertiary/aromatic N) is 3. The van der Waals surface area contributed by atoms with Crippen molar-refractivity contribution in [3.8, 4) is 0 Å². The van der Waals surface area contributed by atoms with Gasteiger partial charge in [-0.2, -0.15) is 5.10 Å². The zero-order valence-electron chi connectivity index (χ0n) is 11.6. The summed E-state index contributed by atoms with van der Waals surface area (Å²) < 4.78 is 6.51. The van der Waals surface area contributed by atoms with E-state index in [0.29, 0.717) is 13.0 Å². The number of esters is 1. The lowest BCUT2D eigenvalue weighted by Crippen LogP contribution is -2.29. The molecular weight excluding hydrogens is 256 g/mol. The minimum Gasteiger partial charge on any atom is -0.467 e. The first kappa shape index (κ1) is 14.0. The van der Waals surface area contributed by atoms with Gasteiger partial charge < -0.3 is 10.1 Å². The summed E-state index contributed by atoms with van der Waals surface area (Å²) in [5.74, 6) is -0.255. The highest BCUT2D eigenvalue weighted by molar-refractivity contribution is 5.79. The Bertz CT molecular complexity index is 554. The standard InChI is InChI=1S/C14H18N4O2/c1-3-13(14(19)20-2)17-12-6-4-5-11(7-12)8-18-10-15-9-16-18/h4-7,9-10,13,17H,3,8H2,1-2H3. The lowest BCUT2D eigenvalue weighted by Gasteiger charge is -2.16. The normalized spacial score (nSPS) is 11.9. The van der Waals surface area contributed by atoms with Crippen molar-refractivity contribution in [2.45, 2.75) is 25.9 Å². The smallest absolute Gasteiger partial charge is 0.328 e. The second-order valence-electron chi connectivity index (χ2n) is 4.42. The Kier molecular flexibility index (Phi) is 4.70. The lowest BCUT2D eigenvalue weighted by atomic mass is 10.1. The van der Waals surface area contributed by atoms with Crippen LogP contribution >= 0.6 is 0 Å². The van der Waals surface area contributed by atoms with E-state index in [2.05, 4.69) is 15.4 Å². The highest BCUT2D eigenvalue weighted by atomic mass is 16.5. The summed E-state index contributed by atoms with van der Waals surface area (Å²) >= 11 is 0. The summed E-state index contributed by atoms with van der Waals surface area (Å²) in [7, 11) is 1.40. The maximum absolute atomic E-state index is 11.6. The Labute approximate surface area is 117 Å². The van der Waals surface area contributed by atoms with Crippen molar-refractivity contribution in [3.05, 3.63) is 42.5 Å². The molecular formula is C14H18N4O2. The molecule has 0 aliphatic carbocycles. The fraction of sp³-hybridized carbons (Fsp3) is 0.357. The molecule has 20 heavy (non-hydrogen) atoms. The van der Waals surface area contributed by atoms with Gasteiger partial charge in [0.15, 0.2) is 0 Å². The van der Waals surface area contributed by atoms with Crippen LogP contribution in [-0.2, 0) is 16.1 Å². The number of carbonyl (C=O) groups is 1. The van der Waals surface area contributed by atoms with Crippen LogP contribution in [0.15, 0.2) is 36.9 Å². The van der Waals surface area contributed by atoms with Crippen molar-refractivity contribution in [1.82, 2.24) is 14.8 Å². The third-order valence-electron chi connectivity index (χ3n) is 2.97. The maximum Gasteiger partial charge on any atom is 0.328 e. The summed E-state index contributed by atoms with van der Waals surface area (Å²) in [4.78, 5) is 15.5. The molecule has 0 saturated heterocycles. The first-order chi connectivity index (χ1) is 9.72. The van der Waals surface area contributed by atoms with Crippen molar-refractivity contribution in [3.63, 3.8) is 0 Å². The molecule has 0 fully saturated rings. The van der Waals surface area contributed by atoms with E-state index in [1.807, 2.05) is 31.2 Å². The Morgan fingerprint density at radius 3 is 3.00 bits per heavy atom. The highest BCUT2D eigenvalue weighted by Gasteiger charge is 2.16. The van der Waals surface area contributed by atoms with E-state index >= 15 is 0 Å². The van der Waals surface area contributed by atoms with Gasteiger partial charge in [-0.3, -0.25) is 0 Å². The van der Waals surface area contributed by atoms with Gasteiger partial charge in [0.05, 0.1) is 13.7 Å². The minimum absolute atomic E-state index is 0.255. The molecule has 0 radical (unpaired) electrons. The van der Waals surface area contributed by atoms with E-state index < -0.39 is 0 Å². The van der Waals surface area contributed by atoms with E-state index in [1.165, 1.54) is 13.4 Å². The Balaban J connectivity index is 2.07. The number of benzene rings is 1.